The van der Waals surface area contributed by atoms with E-state index in [1.807, 2.05) is 6.92 Å². The highest BCUT2D eigenvalue weighted by Crippen LogP contribution is 2.25. The number of hydrogen-bond donors (Lipinski definition) is 1. The quantitative estimate of drug-likeness (QED) is 0.631. The lowest BCUT2D eigenvalue weighted by Crippen LogP contribution is -2.10. The van der Waals surface area contributed by atoms with Crippen LogP contribution in [0.15, 0.2) is 22.8 Å². The molecule has 2 rings (SSSR count). The summed E-state index contributed by atoms with van der Waals surface area (Å²) < 4.78 is 34.1. The molecular formula is C14H16BrF2N3O. The monoisotopic (exact) mass is 359 g/mol. The number of ether oxygens (including phenoxy) is 1. The summed E-state index contributed by atoms with van der Waals surface area (Å²) in [5, 5.41) is 3.12. The number of nitrogens with zero attached hydrogens (tertiary/aromatic N) is 2. The lowest BCUT2D eigenvalue weighted by Gasteiger charge is -2.11. The average molecular weight is 360 g/mol. The topological polar surface area (TPSA) is 39.1 Å². The SMILES string of the molecule is COCCCNc1nc(C)cn1-c1cc(Br)c(F)cc1F. The molecule has 21 heavy (non-hydrogen) atoms. The van der Waals surface area contributed by atoms with E-state index >= 15 is 0 Å². The molecule has 1 heterocycles. The van der Waals surface area contributed by atoms with Gasteiger partial charge in [0.2, 0.25) is 5.95 Å². The van der Waals surface area contributed by atoms with E-state index in [1.165, 1.54) is 6.07 Å². The van der Waals surface area contributed by atoms with Crippen molar-refractivity contribution in [3.05, 3.63) is 40.1 Å². The molecule has 0 bridgehead atoms. The van der Waals surface area contributed by atoms with Crippen LogP contribution in [0.1, 0.15) is 12.1 Å². The lowest BCUT2D eigenvalue weighted by molar-refractivity contribution is 0.197. The standard InChI is InChI=1S/C14H16BrF2N3O/c1-9-8-20(14(19-9)18-4-3-5-21-2)13-6-10(15)11(16)7-12(13)17/h6-8H,3-5H2,1-2H3,(H,18,19). The molecule has 7 heteroatoms. The lowest BCUT2D eigenvalue weighted by atomic mass is 10.3. The fourth-order valence-corrected chi connectivity index (χ4v) is 2.25. The van der Waals surface area contributed by atoms with E-state index in [2.05, 4.69) is 26.2 Å². The third-order valence-electron chi connectivity index (χ3n) is 2.88. The molecule has 0 atom stereocenters. The third-order valence-corrected chi connectivity index (χ3v) is 3.49. The fraction of sp³-hybridized carbons (Fsp3) is 0.357. The number of methoxy groups -OCH3 is 1. The second kappa shape index (κ2) is 7.00. The molecule has 0 aliphatic carbocycles. The number of imidazole rings is 1. The maximum absolute atomic E-state index is 14.0. The number of nitrogens with one attached hydrogen (secondary N) is 1. The molecule has 0 spiro atoms. The summed E-state index contributed by atoms with van der Waals surface area (Å²) in [6.45, 7) is 3.09. The van der Waals surface area contributed by atoms with Gasteiger partial charge in [-0.15, -0.1) is 0 Å². The van der Waals surface area contributed by atoms with E-state index < -0.39 is 11.6 Å². The first-order chi connectivity index (χ1) is 10.0. The first-order valence-electron chi connectivity index (χ1n) is 6.46. The van der Waals surface area contributed by atoms with Crippen molar-refractivity contribution in [2.24, 2.45) is 0 Å². The normalized spacial score (nSPS) is 10.9. The summed E-state index contributed by atoms with van der Waals surface area (Å²) in [4.78, 5) is 4.31. The van der Waals surface area contributed by atoms with E-state index in [9.17, 15) is 8.78 Å². The van der Waals surface area contributed by atoms with Gasteiger partial charge in [0.05, 0.1) is 15.9 Å². The Bertz CT molecular complexity index is 631. The van der Waals surface area contributed by atoms with Gasteiger partial charge in [-0.25, -0.2) is 13.8 Å². The molecule has 0 amide bonds. The Hall–Kier alpha value is -1.47. The molecule has 0 saturated carbocycles. The average Bonchev–Trinajstić information content (AvgIpc) is 2.80. The zero-order valence-electron chi connectivity index (χ0n) is 11.8. The van der Waals surface area contributed by atoms with Crippen LogP contribution in [0.25, 0.3) is 5.69 Å². The van der Waals surface area contributed by atoms with Crippen molar-refractivity contribution in [3.63, 3.8) is 0 Å². The van der Waals surface area contributed by atoms with Crippen molar-refractivity contribution >= 4 is 21.9 Å². The van der Waals surface area contributed by atoms with E-state index in [1.54, 1.807) is 17.9 Å². The molecule has 0 aliphatic heterocycles. The van der Waals surface area contributed by atoms with Gasteiger partial charge in [0.1, 0.15) is 11.6 Å². The predicted molar refractivity (Wildman–Crippen MR) is 80.9 cm³/mol. The highest BCUT2D eigenvalue weighted by atomic mass is 79.9. The number of hydrogen-bond acceptors (Lipinski definition) is 3. The van der Waals surface area contributed by atoms with Crippen LogP contribution in [0.5, 0.6) is 0 Å². The van der Waals surface area contributed by atoms with Crippen molar-refractivity contribution < 1.29 is 13.5 Å². The van der Waals surface area contributed by atoms with Crippen molar-refractivity contribution in [2.45, 2.75) is 13.3 Å². The van der Waals surface area contributed by atoms with Crippen LogP contribution in [0, 0.1) is 18.6 Å². The minimum atomic E-state index is -0.645. The van der Waals surface area contributed by atoms with Crippen LogP contribution in [0.4, 0.5) is 14.7 Å². The van der Waals surface area contributed by atoms with Gasteiger partial charge < -0.3 is 10.1 Å². The smallest absolute Gasteiger partial charge is 0.207 e. The van der Waals surface area contributed by atoms with E-state index in [0.29, 0.717) is 19.1 Å². The van der Waals surface area contributed by atoms with Crippen LogP contribution < -0.4 is 5.32 Å². The number of aromatic nitrogens is 2. The summed E-state index contributed by atoms with van der Waals surface area (Å²) >= 11 is 3.07. The number of halogens is 3. The largest absolute Gasteiger partial charge is 0.385 e. The Morgan fingerprint density at radius 2 is 2.10 bits per heavy atom. The number of benzene rings is 1. The maximum Gasteiger partial charge on any atom is 0.207 e. The molecule has 0 saturated heterocycles. The van der Waals surface area contributed by atoms with Crippen molar-refractivity contribution in [1.29, 1.82) is 0 Å². The molecule has 4 nitrogen and oxygen atoms in total. The molecule has 114 valence electrons. The zero-order chi connectivity index (χ0) is 15.4. The Balaban J connectivity index is 2.29. The summed E-state index contributed by atoms with van der Waals surface area (Å²) in [6.07, 6.45) is 2.50. The van der Waals surface area contributed by atoms with Gasteiger partial charge in [-0.3, -0.25) is 4.57 Å². The van der Waals surface area contributed by atoms with Crippen molar-refractivity contribution in [1.82, 2.24) is 9.55 Å². The molecule has 0 unspecified atom stereocenters. The fourth-order valence-electron chi connectivity index (χ4n) is 1.92. The molecule has 0 fully saturated rings. The van der Waals surface area contributed by atoms with E-state index in [0.717, 1.165) is 18.2 Å². The number of rotatable bonds is 6. The summed E-state index contributed by atoms with van der Waals surface area (Å²) in [7, 11) is 1.64. The number of aryl methyl sites for hydroxylation is 1. The van der Waals surface area contributed by atoms with Crippen molar-refractivity contribution in [2.75, 3.05) is 25.6 Å². The Labute approximate surface area is 130 Å². The molecule has 1 aromatic carbocycles. The van der Waals surface area contributed by atoms with E-state index in [4.69, 9.17) is 4.74 Å². The van der Waals surface area contributed by atoms with Gasteiger partial charge in [0.15, 0.2) is 0 Å². The number of anilines is 1. The van der Waals surface area contributed by atoms with E-state index in [-0.39, 0.29) is 10.2 Å². The molecule has 0 radical (unpaired) electrons. The second-order valence-corrected chi connectivity index (χ2v) is 5.42. The van der Waals surface area contributed by atoms with Gasteiger partial charge >= 0.3 is 0 Å². The van der Waals surface area contributed by atoms with Gasteiger partial charge in [-0.2, -0.15) is 0 Å². The Kier molecular flexibility index (Phi) is 5.30. The minimum absolute atomic E-state index is 0.204. The molecular weight excluding hydrogens is 344 g/mol. The van der Waals surface area contributed by atoms with Crippen LogP contribution >= 0.6 is 15.9 Å². The first kappa shape index (κ1) is 15.9. The third kappa shape index (κ3) is 3.79. The summed E-state index contributed by atoms with van der Waals surface area (Å²) in [6, 6.07) is 2.25. The van der Waals surface area contributed by atoms with Crippen LogP contribution in [0.3, 0.4) is 0 Å². The molecule has 2 aromatic rings. The highest BCUT2D eigenvalue weighted by molar-refractivity contribution is 9.10. The predicted octanol–water partition coefficient (Wildman–Crippen LogP) is 3.67. The summed E-state index contributed by atoms with van der Waals surface area (Å²) in [5.41, 5.74) is 0.974. The van der Waals surface area contributed by atoms with Gasteiger partial charge in [0.25, 0.3) is 0 Å². The van der Waals surface area contributed by atoms with Gasteiger partial charge in [-0.1, -0.05) is 0 Å². The van der Waals surface area contributed by atoms with Crippen LogP contribution in [-0.2, 0) is 4.74 Å². The highest BCUT2D eigenvalue weighted by Gasteiger charge is 2.14. The maximum atomic E-state index is 14.0. The van der Waals surface area contributed by atoms with Crippen LogP contribution in [0.2, 0.25) is 0 Å². The van der Waals surface area contributed by atoms with Gasteiger partial charge in [-0.05, 0) is 35.3 Å². The minimum Gasteiger partial charge on any atom is -0.385 e. The molecule has 1 N–H and O–H groups in total. The van der Waals surface area contributed by atoms with Crippen LogP contribution in [-0.4, -0.2) is 29.8 Å². The van der Waals surface area contributed by atoms with Gasteiger partial charge in [0, 0.05) is 32.5 Å². The Morgan fingerprint density at radius 3 is 2.81 bits per heavy atom. The summed E-state index contributed by atoms with van der Waals surface area (Å²) in [5.74, 6) is -0.767. The van der Waals surface area contributed by atoms with Crippen molar-refractivity contribution in [3.8, 4) is 5.69 Å². The second-order valence-electron chi connectivity index (χ2n) is 4.57. The Morgan fingerprint density at radius 1 is 1.33 bits per heavy atom. The zero-order valence-corrected chi connectivity index (χ0v) is 13.4. The molecule has 1 aromatic heterocycles. The molecule has 0 aliphatic rings. The first-order valence-corrected chi connectivity index (χ1v) is 7.26.